The first-order valence-electron chi connectivity index (χ1n) is 10.3. The summed E-state index contributed by atoms with van der Waals surface area (Å²) in [5.41, 5.74) is 2.49. The van der Waals surface area contributed by atoms with Crippen molar-refractivity contribution in [1.29, 1.82) is 0 Å². The molecule has 1 N–H and O–H groups in total. The van der Waals surface area contributed by atoms with Gasteiger partial charge in [0, 0.05) is 23.1 Å². The number of nitrogens with zero attached hydrogens (tertiary/aromatic N) is 4. The van der Waals surface area contributed by atoms with Gasteiger partial charge in [-0.1, -0.05) is 29.6 Å². The zero-order chi connectivity index (χ0) is 23.2. The van der Waals surface area contributed by atoms with E-state index in [4.69, 9.17) is 14.5 Å². The van der Waals surface area contributed by atoms with Crippen molar-refractivity contribution in [3.63, 3.8) is 0 Å². The molecule has 1 amide bonds. The normalized spacial score (nSPS) is 15.0. The van der Waals surface area contributed by atoms with Gasteiger partial charge in [-0.2, -0.15) is 0 Å². The largest absolute Gasteiger partial charge is 0.497 e. The van der Waals surface area contributed by atoms with Crippen LogP contribution in [0.3, 0.4) is 0 Å². The quantitative estimate of drug-likeness (QED) is 0.302. The number of thioether (sulfide) groups is 2. The molecule has 1 aromatic carbocycles. The summed E-state index contributed by atoms with van der Waals surface area (Å²) in [4.78, 5) is 19.6. The van der Waals surface area contributed by atoms with Crippen LogP contribution in [-0.4, -0.2) is 50.2 Å². The number of carbonyl (C=O) groups is 1. The van der Waals surface area contributed by atoms with Gasteiger partial charge in [-0.15, -0.1) is 21.5 Å². The Kier molecular flexibility index (Phi) is 5.98. The van der Waals surface area contributed by atoms with Crippen LogP contribution in [0.1, 0.15) is 24.3 Å². The first-order chi connectivity index (χ1) is 15.9. The van der Waals surface area contributed by atoms with Crippen LogP contribution < -0.4 is 10.1 Å². The second-order valence-electron chi connectivity index (χ2n) is 8.22. The van der Waals surface area contributed by atoms with Gasteiger partial charge in [0.05, 0.1) is 30.5 Å². The van der Waals surface area contributed by atoms with E-state index in [0.717, 1.165) is 27.4 Å². The van der Waals surface area contributed by atoms with E-state index in [1.54, 1.807) is 24.5 Å². The van der Waals surface area contributed by atoms with E-state index in [-0.39, 0.29) is 17.3 Å². The van der Waals surface area contributed by atoms with Crippen LogP contribution in [0.2, 0.25) is 0 Å². The molecule has 0 saturated heterocycles. The lowest BCUT2D eigenvalue weighted by Crippen LogP contribution is -2.31. The predicted molar refractivity (Wildman–Crippen MR) is 133 cm³/mol. The third kappa shape index (κ3) is 4.30. The first-order valence-corrected chi connectivity index (χ1v) is 13.4. The second-order valence-corrected chi connectivity index (χ2v) is 11.0. The summed E-state index contributed by atoms with van der Waals surface area (Å²) in [5.74, 6) is 0.764. The van der Waals surface area contributed by atoms with E-state index in [9.17, 15) is 4.79 Å². The van der Waals surface area contributed by atoms with Crippen molar-refractivity contribution in [3.05, 3.63) is 34.7 Å². The van der Waals surface area contributed by atoms with Gasteiger partial charge in [0.2, 0.25) is 5.91 Å². The lowest BCUT2D eigenvalue weighted by Gasteiger charge is -2.30. The van der Waals surface area contributed by atoms with Gasteiger partial charge in [-0.05, 0) is 37.8 Å². The van der Waals surface area contributed by atoms with E-state index in [1.165, 1.54) is 34.0 Å². The van der Waals surface area contributed by atoms with Crippen molar-refractivity contribution in [2.45, 2.75) is 42.8 Å². The van der Waals surface area contributed by atoms with Crippen molar-refractivity contribution < 1.29 is 14.3 Å². The van der Waals surface area contributed by atoms with Crippen molar-refractivity contribution in [2.75, 3.05) is 24.4 Å². The number of amides is 1. The zero-order valence-electron chi connectivity index (χ0n) is 18.7. The first kappa shape index (κ1) is 22.5. The molecule has 0 aliphatic carbocycles. The van der Waals surface area contributed by atoms with Gasteiger partial charge >= 0.3 is 0 Å². The van der Waals surface area contributed by atoms with Gasteiger partial charge in [-0.25, -0.2) is 9.38 Å². The van der Waals surface area contributed by atoms with Crippen molar-refractivity contribution in [2.24, 2.45) is 0 Å². The van der Waals surface area contributed by atoms with Crippen LogP contribution >= 0.6 is 34.9 Å². The number of nitrogens with one attached hydrogen (secondary N) is 1. The van der Waals surface area contributed by atoms with Crippen LogP contribution in [0.25, 0.3) is 15.9 Å². The van der Waals surface area contributed by atoms with Gasteiger partial charge < -0.3 is 14.8 Å². The third-order valence-electron chi connectivity index (χ3n) is 5.38. The Balaban J connectivity index is 1.45. The van der Waals surface area contributed by atoms with E-state index in [1.807, 2.05) is 28.9 Å². The predicted octanol–water partition coefficient (Wildman–Crippen LogP) is 4.65. The summed E-state index contributed by atoms with van der Waals surface area (Å²) in [5, 5.41) is 14.3. The molecule has 4 heterocycles. The maximum absolute atomic E-state index is 12.6. The van der Waals surface area contributed by atoms with E-state index >= 15 is 0 Å². The molecule has 0 saturated carbocycles. The second kappa shape index (κ2) is 8.79. The number of anilines is 1. The summed E-state index contributed by atoms with van der Waals surface area (Å²) in [6.07, 6.45) is 2.79. The summed E-state index contributed by atoms with van der Waals surface area (Å²) in [6.45, 7) is 4.79. The van der Waals surface area contributed by atoms with Gasteiger partial charge in [-0.3, -0.25) is 4.79 Å². The number of benzene rings is 1. The molecule has 0 unspecified atom stereocenters. The molecule has 0 spiro atoms. The molecule has 0 fully saturated rings. The highest BCUT2D eigenvalue weighted by atomic mass is 32.2. The Hall–Kier alpha value is -2.34. The minimum absolute atomic E-state index is 0.128. The lowest BCUT2D eigenvalue weighted by atomic mass is 9.94. The fraction of sp³-hybridized carbons (Fsp3) is 0.364. The average molecular weight is 502 g/mol. The molecule has 0 atom stereocenters. The Labute approximate surface area is 203 Å². The molecule has 11 heteroatoms. The third-order valence-corrected chi connectivity index (χ3v) is 8.05. The molecule has 172 valence electrons. The van der Waals surface area contributed by atoms with Crippen LogP contribution in [-0.2, 0) is 22.6 Å². The van der Waals surface area contributed by atoms with Crippen LogP contribution in [0, 0.1) is 0 Å². The number of methoxy groups -OCH3 is 1. The maximum Gasteiger partial charge on any atom is 0.234 e. The number of rotatable bonds is 6. The molecule has 1 aliphatic heterocycles. The number of carbonyl (C=O) groups excluding carboxylic acids is 1. The number of aromatic nitrogens is 4. The number of fused-ring (bicyclic) bond motifs is 5. The minimum atomic E-state index is -0.230. The van der Waals surface area contributed by atoms with Crippen LogP contribution in [0.15, 0.2) is 34.6 Å². The topological polar surface area (TPSA) is 90.6 Å². The number of thiophene rings is 1. The Morgan fingerprint density at radius 3 is 2.97 bits per heavy atom. The van der Waals surface area contributed by atoms with Gasteiger partial charge in [0.1, 0.15) is 10.6 Å². The number of ether oxygens (including phenoxy) is 2. The molecule has 5 rings (SSSR count). The lowest BCUT2D eigenvalue weighted by molar-refractivity contribution is -0.113. The van der Waals surface area contributed by atoms with Crippen molar-refractivity contribution in [1.82, 2.24) is 19.6 Å². The molecule has 8 nitrogen and oxygen atoms in total. The minimum Gasteiger partial charge on any atom is -0.497 e. The summed E-state index contributed by atoms with van der Waals surface area (Å²) >= 11 is 4.55. The van der Waals surface area contributed by atoms with Crippen LogP contribution in [0.5, 0.6) is 5.75 Å². The molecule has 33 heavy (non-hydrogen) atoms. The monoisotopic (exact) mass is 501 g/mol. The fourth-order valence-electron chi connectivity index (χ4n) is 3.85. The van der Waals surface area contributed by atoms with Gasteiger partial charge in [0.15, 0.2) is 16.0 Å². The molecule has 4 aromatic rings. The summed E-state index contributed by atoms with van der Waals surface area (Å²) in [6, 6.07) is 7.28. The fourth-order valence-corrected chi connectivity index (χ4v) is 6.33. The number of hydrogen-bond donors (Lipinski definition) is 1. The standard InChI is InChI=1S/C22H23N5O3S3/c1-22(2)9-14-15(10-30-22)33-19-17(14)18-25-26-21(27(18)20(24-19)31-4)32-11-16(28)23-12-6-5-7-13(8-12)29-3/h5-8H,9-11H2,1-4H3,(H,23,28). The number of hydrogen-bond acceptors (Lipinski definition) is 9. The zero-order valence-corrected chi connectivity index (χ0v) is 21.1. The van der Waals surface area contributed by atoms with Crippen molar-refractivity contribution >= 4 is 62.3 Å². The molecule has 3 aromatic heterocycles. The summed E-state index contributed by atoms with van der Waals surface area (Å²) < 4.78 is 13.2. The smallest absolute Gasteiger partial charge is 0.234 e. The Morgan fingerprint density at radius 1 is 1.33 bits per heavy atom. The van der Waals surface area contributed by atoms with Gasteiger partial charge in [0.25, 0.3) is 0 Å². The highest BCUT2D eigenvalue weighted by Gasteiger charge is 2.31. The molecule has 0 bridgehead atoms. The van der Waals surface area contributed by atoms with Crippen molar-refractivity contribution in [3.8, 4) is 5.75 Å². The molecular weight excluding hydrogens is 478 g/mol. The average Bonchev–Trinajstić information content (AvgIpc) is 3.37. The molecule has 0 radical (unpaired) electrons. The molecule has 1 aliphatic rings. The Bertz CT molecular complexity index is 1360. The Morgan fingerprint density at radius 2 is 2.18 bits per heavy atom. The highest BCUT2D eigenvalue weighted by molar-refractivity contribution is 8.00. The van der Waals surface area contributed by atoms with E-state index in [0.29, 0.717) is 23.2 Å². The summed E-state index contributed by atoms with van der Waals surface area (Å²) in [7, 11) is 1.60. The van der Waals surface area contributed by atoms with Crippen LogP contribution in [0.4, 0.5) is 5.69 Å². The van der Waals surface area contributed by atoms with E-state index < -0.39 is 0 Å². The SMILES string of the molecule is COc1cccc(NC(=O)CSc2nnc3c4c5c(sc4nc(SC)n23)COC(C)(C)C5)c1. The van der Waals surface area contributed by atoms with E-state index in [2.05, 4.69) is 29.4 Å². The maximum atomic E-state index is 12.6. The highest BCUT2D eigenvalue weighted by Crippen LogP contribution is 2.41. The molecular formula is C22H23N5O3S3.